The fourth-order valence-corrected chi connectivity index (χ4v) is 2.44. The number of halogens is 5. The molecule has 0 radical (unpaired) electrons. The summed E-state index contributed by atoms with van der Waals surface area (Å²) in [7, 11) is -0.692. The van der Waals surface area contributed by atoms with Gasteiger partial charge < -0.3 is 4.57 Å². The highest BCUT2D eigenvalue weighted by atomic mass is 79.9. The fourth-order valence-electron chi connectivity index (χ4n) is 1.22. The molecular formula is C10H12BrF4NSi. The summed E-state index contributed by atoms with van der Waals surface area (Å²) in [5, 5.41) is 0. The lowest BCUT2D eigenvalue weighted by atomic mass is 10.2. The van der Waals surface area contributed by atoms with Gasteiger partial charge in [0.25, 0.3) is 0 Å². The molecule has 0 aliphatic carbocycles. The molecule has 17 heavy (non-hydrogen) atoms. The van der Waals surface area contributed by atoms with Crippen molar-refractivity contribution in [3.8, 4) is 0 Å². The van der Waals surface area contributed by atoms with E-state index >= 15 is 0 Å². The van der Waals surface area contributed by atoms with Crippen LogP contribution in [0.5, 0.6) is 0 Å². The first-order valence-electron chi connectivity index (χ1n) is 4.84. The zero-order valence-corrected chi connectivity index (χ0v) is 12.4. The van der Waals surface area contributed by atoms with Crippen LogP contribution in [-0.4, -0.2) is 15.3 Å². The zero-order chi connectivity index (χ0) is 13.5. The average molecular weight is 330 g/mol. The SMILES string of the molecule is CN(c1c(F)c(F)c(Br)c(F)c1F)[Si](C)(C)C. The van der Waals surface area contributed by atoms with Crippen LogP contribution in [0, 0.1) is 23.3 Å². The van der Waals surface area contributed by atoms with E-state index in [4.69, 9.17) is 0 Å². The molecule has 0 aliphatic rings. The van der Waals surface area contributed by atoms with Crippen LogP contribution >= 0.6 is 15.9 Å². The standard InChI is InChI=1S/C10H12BrF4NSi/c1-16(17(2,3)4)10-8(14)6(12)5(11)7(13)9(10)15/h1-4H3. The van der Waals surface area contributed by atoms with Gasteiger partial charge in [0.2, 0.25) is 0 Å². The summed E-state index contributed by atoms with van der Waals surface area (Å²) < 4.78 is 54.5. The lowest BCUT2D eigenvalue weighted by Gasteiger charge is -2.33. The summed E-state index contributed by atoms with van der Waals surface area (Å²) in [6.45, 7) is 5.43. The van der Waals surface area contributed by atoms with Crippen LogP contribution in [-0.2, 0) is 0 Å². The van der Waals surface area contributed by atoms with Gasteiger partial charge in [-0.3, -0.25) is 0 Å². The molecule has 1 nitrogen and oxygen atoms in total. The average Bonchev–Trinajstić information content (AvgIpc) is 2.22. The Kier molecular flexibility index (Phi) is 3.93. The summed E-state index contributed by atoms with van der Waals surface area (Å²) >= 11 is 2.48. The molecule has 0 saturated carbocycles. The molecule has 1 aromatic carbocycles. The van der Waals surface area contributed by atoms with Crippen LogP contribution in [0.2, 0.25) is 19.6 Å². The molecule has 0 spiro atoms. The number of hydrogen-bond acceptors (Lipinski definition) is 1. The lowest BCUT2D eigenvalue weighted by Crippen LogP contribution is -2.44. The van der Waals surface area contributed by atoms with Gasteiger partial charge in [0.1, 0.15) is 13.9 Å². The molecule has 7 heteroatoms. The largest absolute Gasteiger partial charge is 0.396 e. The molecule has 0 aliphatic heterocycles. The highest BCUT2D eigenvalue weighted by Crippen LogP contribution is 2.34. The molecule has 1 aromatic rings. The third kappa shape index (κ3) is 2.49. The van der Waals surface area contributed by atoms with E-state index < -0.39 is 41.7 Å². The highest BCUT2D eigenvalue weighted by Gasteiger charge is 2.31. The third-order valence-corrected chi connectivity index (χ3v) is 5.46. The Bertz CT molecular complexity index is 430. The second kappa shape index (κ2) is 4.60. The van der Waals surface area contributed by atoms with Gasteiger partial charge in [-0.05, 0) is 23.0 Å². The molecule has 0 bridgehead atoms. The van der Waals surface area contributed by atoms with Crippen molar-refractivity contribution < 1.29 is 17.6 Å². The Balaban J connectivity index is 3.55. The molecule has 96 valence electrons. The number of hydrogen-bond donors (Lipinski definition) is 0. The van der Waals surface area contributed by atoms with Gasteiger partial charge >= 0.3 is 0 Å². The van der Waals surface area contributed by atoms with Gasteiger partial charge in [-0.1, -0.05) is 19.6 Å². The maximum Gasteiger partial charge on any atom is 0.185 e. The Hall–Kier alpha value is -0.563. The molecule has 0 saturated heterocycles. The van der Waals surface area contributed by atoms with Crippen molar-refractivity contribution in [2.45, 2.75) is 19.6 Å². The van der Waals surface area contributed by atoms with E-state index in [9.17, 15) is 17.6 Å². The van der Waals surface area contributed by atoms with E-state index in [2.05, 4.69) is 15.9 Å². The maximum absolute atomic E-state index is 13.7. The number of anilines is 1. The number of rotatable bonds is 2. The Morgan fingerprint density at radius 2 is 1.24 bits per heavy atom. The van der Waals surface area contributed by atoms with Crippen molar-refractivity contribution >= 4 is 29.9 Å². The summed E-state index contributed by atoms with van der Waals surface area (Å²) in [5.74, 6) is -5.57. The Morgan fingerprint density at radius 3 is 1.53 bits per heavy atom. The highest BCUT2D eigenvalue weighted by molar-refractivity contribution is 9.10. The van der Waals surface area contributed by atoms with Crippen molar-refractivity contribution in [1.82, 2.24) is 0 Å². The molecule has 0 aromatic heterocycles. The zero-order valence-electron chi connectivity index (χ0n) is 9.84. The van der Waals surface area contributed by atoms with Crippen LogP contribution in [0.25, 0.3) is 0 Å². The van der Waals surface area contributed by atoms with Crippen LogP contribution < -0.4 is 4.57 Å². The van der Waals surface area contributed by atoms with E-state index in [1.807, 2.05) is 19.6 Å². The van der Waals surface area contributed by atoms with Gasteiger partial charge in [0.05, 0.1) is 4.47 Å². The third-order valence-electron chi connectivity index (χ3n) is 2.53. The van der Waals surface area contributed by atoms with Gasteiger partial charge in [0.15, 0.2) is 23.3 Å². The predicted octanol–water partition coefficient (Wildman–Crippen LogP) is 4.28. The molecule has 0 unspecified atom stereocenters. The van der Waals surface area contributed by atoms with Gasteiger partial charge in [-0.25, -0.2) is 17.6 Å². The second-order valence-corrected chi connectivity index (χ2v) is 10.5. The normalized spacial score (nSPS) is 11.8. The first-order valence-corrected chi connectivity index (χ1v) is 9.08. The molecule has 0 fully saturated rings. The Morgan fingerprint density at radius 1 is 0.882 bits per heavy atom. The summed E-state index contributed by atoms with van der Waals surface area (Å²) in [6.07, 6.45) is 0. The number of benzene rings is 1. The van der Waals surface area contributed by atoms with Crippen LogP contribution in [0.3, 0.4) is 0 Å². The van der Waals surface area contributed by atoms with Crippen LogP contribution in [0.1, 0.15) is 0 Å². The van der Waals surface area contributed by atoms with Gasteiger partial charge in [-0.2, -0.15) is 0 Å². The minimum Gasteiger partial charge on any atom is -0.396 e. The quantitative estimate of drug-likeness (QED) is 0.339. The van der Waals surface area contributed by atoms with E-state index in [0.717, 1.165) is 0 Å². The molecular weight excluding hydrogens is 318 g/mol. The van der Waals surface area contributed by atoms with Crippen molar-refractivity contribution in [2.75, 3.05) is 11.6 Å². The van der Waals surface area contributed by atoms with Gasteiger partial charge in [0, 0.05) is 0 Å². The van der Waals surface area contributed by atoms with Crippen LogP contribution in [0.4, 0.5) is 23.2 Å². The minimum absolute atomic E-state index is 0.651. The van der Waals surface area contributed by atoms with E-state index in [1.54, 1.807) is 0 Å². The Labute approximate surface area is 107 Å². The molecule has 0 amide bonds. The maximum atomic E-state index is 13.7. The smallest absolute Gasteiger partial charge is 0.185 e. The van der Waals surface area contributed by atoms with Crippen molar-refractivity contribution in [3.05, 3.63) is 27.7 Å². The first-order chi connectivity index (χ1) is 7.59. The van der Waals surface area contributed by atoms with Crippen molar-refractivity contribution in [1.29, 1.82) is 0 Å². The molecule has 0 atom stereocenters. The first kappa shape index (κ1) is 14.5. The summed E-state index contributed by atoms with van der Waals surface area (Å²) in [4.78, 5) is 0. The topological polar surface area (TPSA) is 3.24 Å². The molecule has 0 heterocycles. The van der Waals surface area contributed by atoms with Crippen molar-refractivity contribution in [2.24, 2.45) is 0 Å². The van der Waals surface area contributed by atoms with E-state index in [0.29, 0.717) is 0 Å². The molecule has 0 N–H and O–H groups in total. The molecule has 1 rings (SSSR count). The van der Waals surface area contributed by atoms with E-state index in [-0.39, 0.29) is 0 Å². The second-order valence-electron chi connectivity index (χ2n) is 4.65. The summed E-state index contributed by atoms with van der Waals surface area (Å²) in [5.41, 5.74) is -0.651. The number of nitrogens with zero attached hydrogens (tertiary/aromatic N) is 1. The summed E-state index contributed by atoms with van der Waals surface area (Å²) in [6, 6.07) is 0. The monoisotopic (exact) mass is 329 g/mol. The van der Waals surface area contributed by atoms with Gasteiger partial charge in [-0.15, -0.1) is 0 Å². The van der Waals surface area contributed by atoms with Crippen LogP contribution in [0.15, 0.2) is 4.47 Å². The lowest BCUT2D eigenvalue weighted by molar-refractivity contribution is 0.449. The predicted molar refractivity (Wildman–Crippen MR) is 65.7 cm³/mol. The fraction of sp³-hybridized carbons (Fsp3) is 0.400. The van der Waals surface area contributed by atoms with Crippen molar-refractivity contribution in [3.63, 3.8) is 0 Å². The minimum atomic E-state index is -2.12. The van der Waals surface area contributed by atoms with E-state index in [1.165, 1.54) is 11.6 Å².